The first kappa shape index (κ1) is 54.5. The second-order valence-electron chi connectivity index (χ2n) is 21.9. The van der Waals surface area contributed by atoms with Gasteiger partial charge in [0.25, 0.3) is 0 Å². The van der Waals surface area contributed by atoms with E-state index >= 15 is 0 Å². The number of ether oxygens (including phenoxy) is 13. The van der Waals surface area contributed by atoms with Crippen LogP contribution in [0.1, 0.15) is 116 Å². The molecule has 1 N–H and O–H groups in total. The summed E-state index contributed by atoms with van der Waals surface area (Å²) in [5.41, 5.74) is 1.10. The highest BCUT2D eigenvalue weighted by Crippen LogP contribution is 2.44. The number of rotatable bonds is 14. The highest BCUT2D eigenvalue weighted by molar-refractivity contribution is 5.73. The molecule has 0 spiro atoms. The average Bonchev–Trinajstić information content (AvgIpc) is 3.29. The minimum absolute atomic E-state index is 0.0439. The fourth-order valence-corrected chi connectivity index (χ4v) is 11.1. The molecule has 1 aromatic carbocycles. The van der Waals surface area contributed by atoms with Gasteiger partial charge in [-0.15, -0.1) is 0 Å². The van der Waals surface area contributed by atoms with Crippen molar-refractivity contribution in [2.24, 2.45) is 47.3 Å². The minimum atomic E-state index is -1.17. The Kier molecular flexibility index (Phi) is 18.0. The number of esters is 1. The van der Waals surface area contributed by atoms with Gasteiger partial charge in [-0.3, -0.25) is 9.59 Å². The van der Waals surface area contributed by atoms with E-state index in [9.17, 15) is 9.59 Å². The van der Waals surface area contributed by atoms with Crippen LogP contribution in [-0.2, 0) is 77.8 Å². The van der Waals surface area contributed by atoms with Crippen LogP contribution < -0.4 is 5.32 Å². The summed E-state index contributed by atoms with van der Waals surface area (Å²) in [6.45, 7) is 32.7. The molecule has 25 atom stereocenters. The summed E-state index contributed by atoms with van der Waals surface area (Å²) >= 11 is 0. The summed E-state index contributed by atoms with van der Waals surface area (Å²) in [6.07, 6.45) is -10.1. The normalized spacial score (nSPS) is 46.9. The predicted octanol–water partition coefficient (Wildman–Crippen LogP) is 7.17. The smallest absolute Gasteiger partial charge is 0.303 e. The van der Waals surface area contributed by atoms with Gasteiger partial charge in [-0.1, -0.05) is 85.7 Å². The standard InChI is InChI=1S/C53H85NO15/c1-25-27(3)33(9)60-49(29(25)5)66-44-32(8)35(11)61-52(48(44)62-38(14)56)68-47-42(54-37(13)55)51(64-41-24-58-53(15,16)69-46(41)47)67-45-36(12)59-34(10)31(7)43(45)65-50-30(6)26(2)28(4)40(63-50)23-57-22-39-20-18-17-19-21-39/h17-21,25-36,40-52H,22-24H2,1-16H3,(H,54,55)/t25-,26?,27+,28-,29?,30?,31-,32-,33?,34?,35?,36-,40-,41?,42-,43-,44-,45?,46+,47?,48?,49-,50+,51-,52-/m0/s1. The molecule has 0 aromatic heterocycles. The Morgan fingerprint density at radius 3 is 1.77 bits per heavy atom. The van der Waals surface area contributed by atoms with Gasteiger partial charge >= 0.3 is 5.97 Å². The molecule has 392 valence electrons. The van der Waals surface area contributed by atoms with Gasteiger partial charge in [0, 0.05) is 37.5 Å². The van der Waals surface area contributed by atoms with Gasteiger partial charge in [0.1, 0.15) is 36.6 Å². The predicted molar refractivity (Wildman–Crippen MR) is 253 cm³/mol. The lowest BCUT2D eigenvalue weighted by atomic mass is 9.79. The summed E-state index contributed by atoms with van der Waals surface area (Å²) in [6, 6.07) is 9.14. The van der Waals surface area contributed by atoms with Crippen molar-refractivity contribution in [1.82, 2.24) is 5.32 Å². The maximum absolute atomic E-state index is 13.4. The van der Waals surface area contributed by atoms with Crippen LogP contribution in [0.3, 0.4) is 0 Å². The maximum Gasteiger partial charge on any atom is 0.303 e. The largest absolute Gasteiger partial charge is 0.454 e. The number of hydrogen-bond acceptors (Lipinski definition) is 15. The topological polar surface area (TPSA) is 166 Å². The number of carbonyl (C=O) groups is 2. The van der Waals surface area contributed by atoms with Crippen molar-refractivity contribution in [3.05, 3.63) is 35.9 Å². The molecule has 16 nitrogen and oxygen atoms in total. The third-order valence-corrected chi connectivity index (χ3v) is 16.7. The number of benzene rings is 1. The molecule has 6 saturated heterocycles. The zero-order valence-corrected chi connectivity index (χ0v) is 44.1. The molecule has 7 rings (SSSR count). The monoisotopic (exact) mass is 976 g/mol. The third kappa shape index (κ3) is 12.4. The third-order valence-electron chi connectivity index (χ3n) is 16.7. The molecule has 69 heavy (non-hydrogen) atoms. The molecule has 16 heteroatoms. The van der Waals surface area contributed by atoms with E-state index in [1.165, 1.54) is 13.8 Å². The lowest BCUT2D eigenvalue weighted by molar-refractivity contribution is -0.404. The first-order chi connectivity index (χ1) is 32.5. The van der Waals surface area contributed by atoms with E-state index in [4.69, 9.17) is 61.6 Å². The average molecular weight is 976 g/mol. The van der Waals surface area contributed by atoms with Crippen molar-refractivity contribution in [3.8, 4) is 0 Å². The van der Waals surface area contributed by atoms with Crippen LogP contribution in [0.25, 0.3) is 0 Å². The zero-order chi connectivity index (χ0) is 50.2. The first-order valence-corrected chi connectivity index (χ1v) is 25.8. The van der Waals surface area contributed by atoms with Crippen molar-refractivity contribution >= 4 is 11.9 Å². The lowest BCUT2D eigenvalue weighted by Crippen LogP contribution is -2.71. The van der Waals surface area contributed by atoms with E-state index in [2.05, 4.69) is 72.8 Å². The molecular formula is C53H85NO15. The van der Waals surface area contributed by atoms with E-state index in [0.717, 1.165) is 5.56 Å². The summed E-state index contributed by atoms with van der Waals surface area (Å²) in [5.74, 6) is -1.06. The number of hydrogen-bond donors (Lipinski definition) is 1. The second-order valence-corrected chi connectivity index (χ2v) is 21.9. The minimum Gasteiger partial charge on any atom is -0.454 e. The molecule has 1 amide bonds. The number of nitrogens with one attached hydrogen (secondary N) is 1. The molecule has 0 bridgehead atoms. The quantitative estimate of drug-likeness (QED) is 0.187. The Bertz CT molecular complexity index is 1820. The van der Waals surface area contributed by atoms with Gasteiger partial charge in [-0.25, -0.2) is 0 Å². The molecule has 0 aliphatic carbocycles. The van der Waals surface area contributed by atoms with E-state index < -0.39 is 97.9 Å². The highest BCUT2D eigenvalue weighted by atomic mass is 16.8. The van der Waals surface area contributed by atoms with E-state index in [1.54, 1.807) is 0 Å². The Morgan fingerprint density at radius 2 is 1.13 bits per heavy atom. The molecular weight excluding hydrogens is 891 g/mol. The van der Waals surface area contributed by atoms with Gasteiger partial charge in [-0.2, -0.15) is 0 Å². The molecule has 1 aromatic rings. The molecule has 6 aliphatic heterocycles. The maximum atomic E-state index is 13.4. The van der Waals surface area contributed by atoms with Gasteiger partial charge in [0.2, 0.25) is 5.91 Å². The van der Waals surface area contributed by atoms with Crippen LogP contribution in [0.4, 0.5) is 0 Å². The summed E-state index contributed by atoms with van der Waals surface area (Å²) in [4.78, 5) is 26.4. The van der Waals surface area contributed by atoms with Gasteiger partial charge < -0.3 is 66.9 Å². The van der Waals surface area contributed by atoms with E-state index in [-0.39, 0.29) is 66.3 Å². The Morgan fingerprint density at radius 1 is 0.580 bits per heavy atom. The van der Waals surface area contributed by atoms with E-state index in [0.29, 0.717) is 25.0 Å². The van der Waals surface area contributed by atoms with Crippen molar-refractivity contribution in [2.75, 3.05) is 13.2 Å². The summed E-state index contributed by atoms with van der Waals surface area (Å²) < 4.78 is 86.8. The number of carbonyl (C=O) groups excluding carboxylic acids is 2. The fraction of sp³-hybridized carbons (Fsp3) is 0.849. The van der Waals surface area contributed by atoms with Crippen molar-refractivity contribution in [3.63, 3.8) is 0 Å². The van der Waals surface area contributed by atoms with Crippen LogP contribution in [0.5, 0.6) is 0 Å². The van der Waals surface area contributed by atoms with E-state index in [1.807, 2.05) is 59.7 Å². The number of amides is 1. The first-order valence-electron chi connectivity index (χ1n) is 25.8. The zero-order valence-electron chi connectivity index (χ0n) is 44.1. The van der Waals surface area contributed by atoms with Crippen molar-refractivity contribution < 1.29 is 71.2 Å². The second kappa shape index (κ2) is 22.8. The van der Waals surface area contributed by atoms with Crippen LogP contribution in [0.15, 0.2) is 30.3 Å². The van der Waals surface area contributed by atoms with Crippen LogP contribution >= 0.6 is 0 Å². The highest BCUT2D eigenvalue weighted by Gasteiger charge is 2.58. The fourth-order valence-electron chi connectivity index (χ4n) is 11.1. The molecule has 0 radical (unpaired) electrons. The van der Waals surface area contributed by atoms with Crippen molar-refractivity contribution in [2.45, 2.75) is 228 Å². The summed E-state index contributed by atoms with van der Waals surface area (Å²) in [7, 11) is 0. The van der Waals surface area contributed by atoms with Crippen molar-refractivity contribution in [1.29, 1.82) is 0 Å². The van der Waals surface area contributed by atoms with Crippen LogP contribution in [-0.4, -0.2) is 135 Å². The lowest BCUT2D eigenvalue weighted by Gasteiger charge is -2.54. The SMILES string of the molecule is CC(=O)N[C@H]1C(O[C@@H]2OC(C)[C@H](C)[C@H](O[C@@H]3OC(C)[C@H](C)[C@H](C)C3C)C2OC(C)=O)[C@@H]2OC(C)(C)OCC2O[C@H]1OC1[C@H](C)OC(C)[C@H](C)[C@@H]1O[C@H]1O[C@@H](COCc2ccccc2)[C@@H](C)C(C)C1C. The molecule has 6 aliphatic rings. The van der Waals surface area contributed by atoms with Crippen LogP contribution in [0.2, 0.25) is 0 Å². The summed E-state index contributed by atoms with van der Waals surface area (Å²) in [5, 5.41) is 3.11. The van der Waals surface area contributed by atoms with Gasteiger partial charge in [0.15, 0.2) is 37.1 Å². The van der Waals surface area contributed by atoms with Gasteiger partial charge in [-0.05, 0) is 70.8 Å². The molecule has 6 fully saturated rings. The Balaban J connectivity index is 1.17. The number of fused-ring (bicyclic) bond motifs is 1. The molecule has 6 heterocycles. The Labute approximate surface area is 411 Å². The molecule has 10 unspecified atom stereocenters. The molecule has 0 saturated carbocycles. The van der Waals surface area contributed by atoms with Gasteiger partial charge in [0.05, 0.1) is 56.4 Å². The Hall–Kier alpha value is -2.32. The van der Waals surface area contributed by atoms with Crippen LogP contribution in [0, 0.1) is 47.3 Å².